The smallest absolute Gasteiger partial charge is 0.255 e. The van der Waals surface area contributed by atoms with Crippen LogP contribution in [-0.4, -0.2) is 42.2 Å². The van der Waals surface area contributed by atoms with Crippen LogP contribution in [0.4, 0.5) is 15.8 Å². The summed E-state index contributed by atoms with van der Waals surface area (Å²) in [6.07, 6.45) is 7.46. The van der Waals surface area contributed by atoms with Crippen LogP contribution in [-0.2, 0) is 17.6 Å². The molecule has 0 unspecified atom stereocenters. The van der Waals surface area contributed by atoms with E-state index >= 15 is 0 Å². The van der Waals surface area contributed by atoms with E-state index in [1.807, 2.05) is 53.8 Å². The van der Waals surface area contributed by atoms with Crippen molar-refractivity contribution in [1.82, 2.24) is 9.97 Å². The van der Waals surface area contributed by atoms with E-state index in [1.54, 1.807) is 6.07 Å². The molecule has 1 saturated heterocycles. The van der Waals surface area contributed by atoms with Crippen molar-refractivity contribution in [2.75, 3.05) is 36.5 Å². The SMILES string of the molecule is O=C(Nc1ccc2c(CCc3ccncc3)c[nH]c2c1)c1cc(F)cc(N2CCOCC2)c1. The molecule has 7 heteroatoms. The van der Waals surface area contributed by atoms with E-state index in [0.717, 1.165) is 23.7 Å². The third-order valence-electron chi connectivity index (χ3n) is 5.98. The predicted octanol–water partition coefficient (Wildman–Crippen LogP) is 4.58. The number of morpholine rings is 1. The lowest BCUT2D eigenvalue weighted by molar-refractivity contribution is 0.102. The maximum atomic E-state index is 14.2. The van der Waals surface area contributed by atoms with Crippen LogP contribution >= 0.6 is 0 Å². The minimum atomic E-state index is -0.428. The molecule has 5 rings (SSSR count). The van der Waals surface area contributed by atoms with E-state index in [0.29, 0.717) is 43.2 Å². The Bertz CT molecular complexity index is 1270. The number of aromatic amines is 1. The highest BCUT2D eigenvalue weighted by atomic mass is 19.1. The van der Waals surface area contributed by atoms with E-state index in [2.05, 4.69) is 15.3 Å². The van der Waals surface area contributed by atoms with Gasteiger partial charge in [0.05, 0.1) is 13.2 Å². The largest absolute Gasteiger partial charge is 0.378 e. The maximum Gasteiger partial charge on any atom is 0.255 e. The van der Waals surface area contributed by atoms with Crippen LogP contribution in [0.5, 0.6) is 0 Å². The fraction of sp³-hybridized carbons (Fsp3) is 0.231. The number of halogens is 1. The molecule has 1 amide bonds. The van der Waals surface area contributed by atoms with Gasteiger partial charge < -0.3 is 19.9 Å². The zero-order valence-electron chi connectivity index (χ0n) is 18.2. The van der Waals surface area contributed by atoms with Gasteiger partial charge in [0.15, 0.2) is 0 Å². The number of fused-ring (bicyclic) bond motifs is 1. The molecule has 1 aliphatic heterocycles. The van der Waals surface area contributed by atoms with Gasteiger partial charge in [0, 0.05) is 59.5 Å². The second-order valence-electron chi connectivity index (χ2n) is 8.18. The number of pyridine rings is 1. The first-order valence-corrected chi connectivity index (χ1v) is 11.1. The first-order chi connectivity index (χ1) is 16.2. The highest BCUT2D eigenvalue weighted by Crippen LogP contribution is 2.25. The van der Waals surface area contributed by atoms with E-state index < -0.39 is 5.82 Å². The molecule has 6 nitrogen and oxygen atoms in total. The van der Waals surface area contributed by atoms with Crippen molar-refractivity contribution in [2.45, 2.75) is 12.8 Å². The molecule has 2 aromatic carbocycles. The molecule has 4 aromatic rings. The zero-order chi connectivity index (χ0) is 22.6. The predicted molar refractivity (Wildman–Crippen MR) is 127 cm³/mol. The van der Waals surface area contributed by atoms with Crippen LogP contribution in [0.15, 0.2) is 67.1 Å². The lowest BCUT2D eigenvalue weighted by atomic mass is 10.0. The molecule has 0 atom stereocenters. The first kappa shape index (κ1) is 21.2. The van der Waals surface area contributed by atoms with Crippen LogP contribution in [0.2, 0.25) is 0 Å². The molecule has 0 aliphatic carbocycles. The third-order valence-corrected chi connectivity index (χ3v) is 5.98. The second-order valence-corrected chi connectivity index (χ2v) is 8.18. The lowest BCUT2D eigenvalue weighted by Crippen LogP contribution is -2.36. The van der Waals surface area contributed by atoms with Crippen molar-refractivity contribution in [3.63, 3.8) is 0 Å². The summed E-state index contributed by atoms with van der Waals surface area (Å²) in [7, 11) is 0. The maximum absolute atomic E-state index is 14.2. The van der Waals surface area contributed by atoms with Crippen LogP contribution in [0, 0.1) is 5.82 Å². The highest BCUT2D eigenvalue weighted by molar-refractivity contribution is 6.05. The lowest BCUT2D eigenvalue weighted by Gasteiger charge is -2.29. The molecule has 1 fully saturated rings. The molecule has 0 radical (unpaired) electrons. The van der Waals surface area contributed by atoms with Gasteiger partial charge in [-0.1, -0.05) is 6.07 Å². The average molecular weight is 445 g/mol. The van der Waals surface area contributed by atoms with Gasteiger partial charge in [0.2, 0.25) is 0 Å². The molecular formula is C26H25FN4O2. The van der Waals surface area contributed by atoms with Gasteiger partial charge >= 0.3 is 0 Å². The van der Waals surface area contributed by atoms with E-state index in [-0.39, 0.29) is 5.91 Å². The summed E-state index contributed by atoms with van der Waals surface area (Å²) >= 11 is 0. The molecule has 0 bridgehead atoms. The van der Waals surface area contributed by atoms with Gasteiger partial charge in [-0.05, 0) is 66.4 Å². The molecule has 168 valence electrons. The topological polar surface area (TPSA) is 70.2 Å². The van der Waals surface area contributed by atoms with Crippen molar-refractivity contribution >= 4 is 28.2 Å². The van der Waals surface area contributed by atoms with Crippen LogP contribution < -0.4 is 10.2 Å². The zero-order valence-corrected chi connectivity index (χ0v) is 18.2. The number of anilines is 2. The van der Waals surface area contributed by atoms with Crippen molar-refractivity contribution in [1.29, 1.82) is 0 Å². The van der Waals surface area contributed by atoms with E-state index in [4.69, 9.17) is 4.74 Å². The number of nitrogens with one attached hydrogen (secondary N) is 2. The molecule has 1 aliphatic rings. The third kappa shape index (κ3) is 4.88. The van der Waals surface area contributed by atoms with E-state index in [9.17, 15) is 9.18 Å². The number of aromatic nitrogens is 2. The number of hydrogen-bond acceptors (Lipinski definition) is 4. The van der Waals surface area contributed by atoms with Crippen LogP contribution in [0.1, 0.15) is 21.5 Å². The van der Waals surface area contributed by atoms with Gasteiger partial charge in [-0.3, -0.25) is 9.78 Å². The summed E-state index contributed by atoms with van der Waals surface area (Å²) in [5.41, 5.74) is 5.07. The summed E-state index contributed by atoms with van der Waals surface area (Å²) in [5, 5.41) is 4.03. The molecule has 2 aromatic heterocycles. The molecule has 3 heterocycles. The molecule has 0 saturated carbocycles. The van der Waals surface area contributed by atoms with Gasteiger partial charge in [0.25, 0.3) is 5.91 Å². The summed E-state index contributed by atoms with van der Waals surface area (Å²) in [4.78, 5) is 22.3. The molecule has 2 N–H and O–H groups in total. The number of amides is 1. The Morgan fingerprint density at radius 3 is 2.70 bits per heavy atom. The van der Waals surface area contributed by atoms with Gasteiger partial charge in [-0.25, -0.2) is 4.39 Å². The number of nitrogens with zero attached hydrogens (tertiary/aromatic N) is 2. The summed E-state index contributed by atoms with van der Waals surface area (Å²) in [6.45, 7) is 2.55. The van der Waals surface area contributed by atoms with Gasteiger partial charge in [-0.15, -0.1) is 0 Å². The second kappa shape index (κ2) is 9.42. The van der Waals surface area contributed by atoms with Crippen molar-refractivity contribution in [2.24, 2.45) is 0 Å². The quantitative estimate of drug-likeness (QED) is 0.457. The van der Waals surface area contributed by atoms with Crippen molar-refractivity contribution in [3.05, 3.63) is 89.6 Å². The Balaban J connectivity index is 1.30. The standard InChI is InChI=1S/C26H25FN4O2/c27-21-13-20(14-23(15-21)31-9-11-33-12-10-31)26(32)30-22-3-4-24-19(17-29-25(24)16-22)2-1-18-5-7-28-8-6-18/h3-8,13-17,29H,1-2,9-12H2,(H,30,32). The number of rotatable bonds is 6. The number of ether oxygens (including phenoxy) is 1. The monoisotopic (exact) mass is 444 g/mol. The van der Waals surface area contributed by atoms with Crippen LogP contribution in [0.25, 0.3) is 10.9 Å². The fourth-order valence-corrected chi connectivity index (χ4v) is 4.21. The fourth-order valence-electron chi connectivity index (χ4n) is 4.21. The first-order valence-electron chi connectivity index (χ1n) is 11.1. The molecule has 33 heavy (non-hydrogen) atoms. The summed E-state index contributed by atoms with van der Waals surface area (Å²) in [5.74, 6) is -0.768. The number of carbonyl (C=O) groups excluding carboxylic acids is 1. The Hall–Kier alpha value is -3.71. The number of H-pyrrole nitrogens is 1. The Morgan fingerprint density at radius 1 is 1.06 bits per heavy atom. The summed E-state index contributed by atoms with van der Waals surface area (Å²) < 4.78 is 19.6. The van der Waals surface area contributed by atoms with Gasteiger partial charge in [0.1, 0.15) is 5.82 Å². The minimum Gasteiger partial charge on any atom is -0.378 e. The number of aryl methyl sites for hydroxylation is 2. The van der Waals surface area contributed by atoms with Crippen molar-refractivity contribution < 1.29 is 13.9 Å². The normalized spacial score (nSPS) is 13.9. The molecular weight excluding hydrogens is 419 g/mol. The molecule has 0 spiro atoms. The summed E-state index contributed by atoms with van der Waals surface area (Å²) in [6, 6.07) is 14.3. The number of hydrogen-bond donors (Lipinski definition) is 2. The number of benzene rings is 2. The van der Waals surface area contributed by atoms with Gasteiger partial charge in [-0.2, -0.15) is 0 Å². The Morgan fingerprint density at radius 2 is 1.88 bits per heavy atom. The highest BCUT2D eigenvalue weighted by Gasteiger charge is 2.16. The number of carbonyl (C=O) groups is 1. The Kier molecular flexibility index (Phi) is 6.04. The van der Waals surface area contributed by atoms with E-state index in [1.165, 1.54) is 23.3 Å². The average Bonchev–Trinajstić information content (AvgIpc) is 3.26. The van der Waals surface area contributed by atoms with Crippen LogP contribution in [0.3, 0.4) is 0 Å². The minimum absolute atomic E-state index is 0.293. The van der Waals surface area contributed by atoms with Crippen molar-refractivity contribution in [3.8, 4) is 0 Å². The Labute approximate surface area is 191 Å².